The highest BCUT2D eigenvalue weighted by molar-refractivity contribution is 5.81. The smallest absolute Gasteiger partial charge is 0.264 e. The van der Waals surface area contributed by atoms with Gasteiger partial charge in [0, 0.05) is 24.9 Å². The molecule has 2 N–H and O–H groups in total. The number of benzene rings is 2. The zero-order chi connectivity index (χ0) is 20.1. The lowest BCUT2D eigenvalue weighted by Gasteiger charge is -2.26. The number of ether oxygens (including phenoxy) is 3. The van der Waals surface area contributed by atoms with Gasteiger partial charge in [0.25, 0.3) is 5.91 Å². The predicted molar refractivity (Wildman–Crippen MR) is 106 cm³/mol. The standard InChI is InChI=1S/C22H20N2O5/c25-21-10-16(8-9-23-21)12-24-22(26)20-14-28-18-7-6-17(11-19(18)29-20)27-13-15-4-2-1-3-5-15/h1-11,20H,12-14H2,(H,23,25)(H,24,26). The Morgan fingerprint density at radius 2 is 1.93 bits per heavy atom. The quantitative estimate of drug-likeness (QED) is 0.672. The number of fused-ring (bicyclic) bond motifs is 1. The lowest BCUT2D eigenvalue weighted by Crippen LogP contribution is -2.43. The summed E-state index contributed by atoms with van der Waals surface area (Å²) in [6, 6.07) is 18.3. The normalized spacial score (nSPS) is 14.8. The average molecular weight is 392 g/mol. The fourth-order valence-corrected chi connectivity index (χ4v) is 2.91. The van der Waals surface area contributed by atoms with Crippen LogP contribution in [-0.2, 0) is 17.9 Å². The minimum absolute atomic E-state index is 0.110. The molecular weight excluding hydrogens is 372 g/mol. The number of carbonyl (C=O) groups is 1. The second kappa shape index (κ2) is 8.52. The highest BCUT2D eigenvalue weighted by atomic mass is 16.6. The van der Waals surface area contributed by atoms with Crippen LogP contribution < -0.4 is 25.1 Å². The molecule has 1 unspecified atom stereocenters. The summed E-state index contributed by atoms with van der Waals surface area (Å²) in [6.07, 6.45) is 0.755. The highest BCUT2D eigenvalue weighted by Crippen LogP contribution is 2.35. The predicted octanol–water partition coefficient (Wildman–Crippen LogP) is 2.41. The molecule has 148 valence electrons. The second-order valence-corrected chi connectivity index (χ2v) is 6.58. The fourth-order valence-electron chi connectivity index (χ4n) is 2.91. The Hall–Kier alpha value is -3.74. The topological polar surface area (TPSA) is 89.7 Å². The summed E-state index contributed by atoms with van der Waals surface area (Å²) in [5.74, 6) is 1.33. The van der Waals surface area contributed by atoms with E-state index in [-0.39, 0.29) is 24.6 Å². The first kappa shape index (κ1) is 18.6. The van der Waals surface area contributed by atoms with Crippen molar-refractivity contribution in [2.45, 2.75) is 19.3 Å². The Morgan fingerprint density at radius 1 is 1.07 bits per heavy atom. The van der Waals surface area contributed by atoms with Crippen molar-refractivity contribution < 1.29 is 19.0 Å². The maximum atomic E-state index is 12.4. The minimum atomic E-state index is -0.783. The van der Waals surface area contributed by atoms with Gasteiger partial charge in [-0.15, -0.1) is 0 Å². The van der Waals surface area contributed by atoms with Crippen LogP contribution in [0.4, 0.5) is 0 Å². The van der Waals surface area contributed by atoms with Crippen LogP contribution in [0.2, 0.25) is 0 Å². The molecule has 0 radical (unpaired) electrons. The van der Waals surface area contributed by atoms with Crippen molar-refractivity contribution in [2.24, 2.45) is 0 Å². The number of rotatable bonds is 6. The minimum Gasteiger partial charge on any atom is -0.489 e. The molecule has 1 amide bonds. The van der Waals surface area contributed by atoms with E-state index in [0.717, 1.165) is 5.56 Å². The van der Waals surface area contributed by atoms with Crippen LogP contribution in [0.1, 0.15) is 11.1 Å². The van der Waals surface area contributed by atoms with Crippen LogP contribution in [-0.4, -0.2) is 23.6 Å². The van der Waals surface area contributed by atoms with Gasteiger partial charge in [0.05, 0.1) is 0 Å². The number of aromatic nitrogens is 1. The van der Waals surface area contributed by atoms with E-state index in [9.17, 15) is 9.59 Å². The van der Waals surface area contributed by atoms with Crippen molar-refractivity contribution in [3.05, 3.63) is 88.3 Å². The molecule has 4 rings (SSSR count). The molecule has 2 heterocycles. The Bertz CT molecular complexity index is 1050. The fraction of sp³-hybridized carbons (Fsp3) is 0.182. The number of hydrogen-bond donors (Lipinski definition) is 2. The van der Waals surface area contributed by atoms with Crippen molar-refractivity contribution >= 4 is 5.91 Å². The van der Waals surface area contributed by atoms with Gasteiger partial charge in [0.15, 0.2) is 11.5 Å². The zero-order valence-corrected chi connectivity index (χ0v) is 15.6. The van der Waals surface area contributed by atoms with Gasteiger partial charge in [0.2, 0.25) is 11.7 Å². The summed E-state index contributed by atoms with van der Waals surface area (Å²) < 4.78 is 17.3. The summed E-state index contributed by atoms with van der Waals surface area (Å²) >= 11 is 0. The average Bonchev–Trinajstić information content (AvgIpc) is 2.76. The number of aromatic amines is 1. The molecule has 0 fully saturated rings. The first-order valence-corrected chi connectivity index (χ1v) is 9.23. The molecule has 1 aliphatic rings. The molecule has 1 aliphatic heterocycles. The molecule has 2 aromatic carbocycles. The van der Waals surface area contributed by atoms with E-state index in [1.807, 2.05) is 30.3 Å². The number of hydrogen-bond acceptors (Lipinski definition) is 5. The van der Waals surface area contributed by atoms with Gasteiger partial charge in [0.1, 0.15) is 19.0 Å². The summed E-state index contributed by atoms with van der Waals surface area (Å²) in [4.78, 5) is 26.3. The molecule has 3 aromatic rings. The molecule has 0 spiro atoms. The molecule has 1 aromatic heterocycles. The molecule has 0 saturated heterocycles. The van der Waals surface area contributed by atoms with E-state index >= 15 is 0 Å². The summed E-state index contributed by atoms with van der Waals surface area (Å²) in [7, 11) is 0. The van der Waals surface area contributed by atoms with Crippen LogP contribution in [0, 0.1) is 0 Å². The molecule has 1 atom stereocenters. The van der Waals surface area contributed by atoms with Crippen molar-refractivity contribution in [2.75, 3.05) is 6.61 Å². The van der Waals surface area contributed by atoms with Crippen LogP contribution in [0.15, 0.2) is 71.7 Å². The third-order valence-corrected chi connectivity index (χ3v) is 4.42. The number of pyridine rings is 1. The Morgan fingerprint density at radius 3 is 2.76 bits per heavy atom. The lowest BCUT2D eigenvalue weighted by atomic mass is 10.2. The van der Waals surface area contributed by atoms with Crippen molar-refractivity contribution in [3.8, 4) is 17.2 Å². The largest absolute Gasteiger partial charge is 0.489 e. The van der Waals surface area contributed by atoms with Crippen LogP contribution in [0.3, 0.4) is 0 Å². The van der Waals surface area contributed by atoms with Crippen molar-refractivity contribution in [3.63, 3.8) is 0 Å². The third kappa shape index (κ3) is 4.76. The van der Waals surface area contributed by atoms with E-state index in [1.165, 1.54) is 12.3 Å². The van der Waals surface area contributed by atoms with E-state index in [2.05, 4.69) is 10.3 Å². The van der Waals surface area contributed by atoms with Gasteiger partial charge < -0.3 is 24.5 Å². The van der Waals surface area contributed by atoms with Gasteiger partial charge in [-0.1, -0.05) is 30.3 Å². The van der Waals surface area contributed by atoms with Crippen LogP contribution in [0.5, 0.6) is 17.2 Å². The molecule has 29 heavy (non-hydrogen) atoms. The van der Waals surface area contributed by atoms with Crippen molar-refractivity contribution in [1.29, 1.82) is 0 Å². The molecule has 7 nitrogen and oxygen atoms in total. The van der Waals surface area contributed by atoms with E-state index in [4.69, 9.17) is 14.2 Å². The van der Waals surface area contributed by atoms with Gasteiger partial charge in [-0.3, -0.25) is 9.59 Å². The van der Waals surface area contributed by atoms with E-state index < -0.39 is 6.10 Å². The third-order valence-electron chi connectivity index (χ3n) is 4.42. The molecule has 0 saturated carbocycles. The first-order chi connectivity index (χ1) is 14.2. The number of amides is 1. The Kier molecular flexibility index (Phi) is 5.47. The lowest BCUT2D eigenvalue weighted by molar-refractivity contribution is -0.130. The molecule has 7 heteroatoms. The maximum absolute atomic E-state index is 12.4. The number of nitrogens with one attached hydrogen (secondary N) is 2. The molecular formula is C22H20N2O5. The number of carbonyl (C=O) groups excluding carboxylic acids is 1. The van der Waals surface area contributed by atoms with Gasteiger partial charge in [-0.05, 0) is 29.3 Å². The highest BCUT2D eigenvalue weighted by Gasteiger charge is 2.27. The second-order valence-electron chi connectivity index (χ2n) is 6.58. The SMILES string of the molecule is O=C(NCc1cc[nH]c(=O)c1)C1COc2ccc(OCc3ccccc3)cc2O1. The summed E-state index contributed by atoms with van der Waals surface area (Å²) in [6.45, 7) is 0.773. The van der Waals surface area contributed by atoms with E-state index in [1.54, 1.807) is 24.3 Å². The Balaban J connectivity index is 1.36. The zero-order valence-electron chi connectivity index (χ0n) is 15.6. The summed E-state index contributed by atoms with van der Waals surface area (Å²) in [5.41, 5.74) is 1.54. The molecule has 0 bridgehead atoms. The van der Waals surface area contributed by atoms with Crippen LogP contribution >= 0.6 is 0 Å². The van der Waals surface area contributed by atoms with Crippen LogP contribution in [0.25, 0.3) is 0 Å². The molecule has 0 aliphatic carbocycles. The van der Waals surface area contributed by atoms with Gasteiger partial charge >= 0.3 is 0 Å². The first-order valence-electron chi connectivity index (χ1n) is 9.23. The van der Waals surface area contributed by atoms with Crippen molar-refractivity contribution in [1.82, 2.24) is 10.3 Å². The summed E-state index contributed by atoms with van der Waals surface area (Å²) in [5, 5.41) is 2.76. The van der Waals surface area contributed by atoms with Gasteiger partial charge in [-0.2, -0.15) is 0 Å². The number of H-pyrrole nitrogens is 1. The maximum Gasteiger partial charge on any atom is 0.264 e. The van der Waals surface area contributed by atoms with Gasteiger partial charge in [-0.25, -0.2) is 0 Å². The Labute approximate surface area is 167 Å². The monoisotopic (exact) mass is 392 g/mol. The van der Waals surface area contributed by atoms with E-state index in [0.29, 0.717) is 29.4 Å².